The van der Waals surface area contributed by atoms with Crippen molar-refractivity contribution in [2.24, 2.45) is 34.5 Å². The van der Waals surface area contributed by atoms with E-state index >= 15 is 0 Å². The molecule has 0 aromatic carbocycles. The highest BCUT2D eigenvalue weighted by atomic mass is 16.3. The van der Waals surface area contributed by atoms with Gasteiger partial charge in [0, 0.05) is 6.42 Å². The van der Waals surface area contributed by atoms with E-state index in [1.165, 1.54) is 44.9 Å². The summed E-state index contributed by atoms with van der Waals surface area (Å²) in [6.45, 7) is 4.94. The molecule has 0 aromatic heterocycles. The van der Waals surface area contributed by atoms with Crippen LogP contribution in [0.3, 0.4) is 0 Å². The van der Waals surface area contributed by atoms with Crippen LogP contribution in [0.25, 0.3) is 0 Å². The molecule has 0 bridgehead atoms. The molecule has 0 aliphatic heterocycles. The summed E-state index contributed by atoms with van der Waals surface area (Å²) in [5.74, 6) is 3.20. The molecule has 0 aromatic rings. The average Bonchev–Trinajstić information content (AvgIpc) is 2.82. The number of aliphatic hydroxyl groups excluding tert-OH is 1. The molecule has 4 aliphatic rings. The number of hydrogen-bond acceptors (Lipinski definition) is 2. The molecule has 0 amide bonds. The minimum absolute atomic E-state index is 0.109. The third kappa shape index (κ3) is 1.90. The van der Waals surface area contributed by atoms with Crippen LogP contribution < -0.4 is 0 Å². The molecule has 4 saturated carbocycles. The van der Waals surface area contributed by atoms with Gasteiger partial charge in [0.1, 0.15) is 6.10 Å². The van der Waals surface area contributed by atoms with Gasteiger partial charge in [-0.3, -0.25) is 4.79 Å². The molecule has 2 unspecified atom stereocenters. The van der Waals surface area contributed by atoms with Crippen LogP contribution in [0.1, 0.15) is 71.6 Å². The zero-order valence-electron chi connectivity index (χ0n) is 13.6. The fourth-order valence-corrected chi connectivity index (χ4v) is 7.09. The van der Waals surface area contributed by atoms with Crippen LogP contribution in [-0.4, -0.2) is 17.0 Å². The number of fused-ring (bicyclic) bond motifs is 5. The third-order valence-electron chi connectivity index (χ3n) is 8.30. The van der Waals surface area contributed by atoms with E-state index in [1.54, 1.807) is 0 Å². The van der Waals surface area contributed by atoms with E-state index in [0.717, 1.165) is 24.2 Å². The number of hydrogen-bond donors (Lipinski definition) is 1. The molecule has 1 N–H and O–H groups in total. The van der Waals surface area contributed by atoms with E-state index in [9.17, 15) is 9.90 Å². The van der Waals surface area contributed by atoms with Crippen LogP contribution in [0.15, 0.2) is 0 Å². The average molecular weight is 290 g/mol. The highest BCUT2D eigenvalue weighted by Crippen LogP contribution is 2.65. The summed E-state index contributed by atoms with van der Waals surface area (Å²) in [6.07, 6.45) is 10.3. The SMILES string of the molecule is C[C@@]12CCC[C@H]1[C@@H]1CCC3CC(=O)C(O)C[C@]3(C)[C@H]1CC2. The Labute approximate surface area is 128 Å². The standard InChI is InChI=1S/C19H30O2/c1-18-8-3-4-14(18)13-6-5-12-10-16(20)17(21)11-19(12,2)15(13)7-9-18/h12-15,17,21H,3-11H2,1-2H3/t12?,13-,14-,15-,17?,18-,19-/m0/s1. The summed E-state index contributed by atoms with van der Waals surface area (Å²) in [6, 6.07) is 0. The van der Waals surface area contributed by atoms with Crippen LogP contribution in [0, 0.1) is 34.5 Å². The van der Waals surface area contributed by atoms with E-state index in [0.29, 0.717) is 17.8 Å². The highest BCUT2D eigenvalue weighted by Gasteiger charge is 2.58. The Kier molecular flexibility index (Phi) is 3.10. The Bertz CT molecular complexity index is 458. The van der Waals surface area contributed by atoms with Gasteiger partial charge in [0.25, 0.3) is 0 Å². The lowest BCUT2D eigenvalue weighted by molar-refractivity contribution is -0.153. The van der Waals surface area contributed by atoms with Gasteiger partial charge in [0.15, 0.2) is 5.78 Å². The Morgan fingerprint density at radius 3 is 2.67 bits per heavy atom. The Balaban J connectivity index is 1.65. The number of carbonyl (C=O) groups is 1. The number of Topliss-reactive ketones (excluding diaryl/α,β-unsaturated/α-hetero) is 1. The molecular weight excluding hydrogens is 260 g/mol. The molecule has 0 spiro atoms. The molecule has 4 aliphatic carbocycles. The number of ketones is 1. The number of rotatable bonds is 0. The largest absolute Gasteiger partial charge is 0.385 e. The summed E-state index contributed by atoms with van der Waals surface area (Å²) in [7, 11) is 0. The van der Waals surface area contributed by atoms with Gasteiger partial charge < -0.3 is 5.11 Å². The van der Waals surface area contributed by atoms with E-state index < -0.39 is 6.10 Å². The quantitative estimate of drug-likeness (QED) is 0.733. The second kappa shape index (κ2) is 4.57. The molecule has 2 heteroatoms. The van der Waals surface area contributed by atoms with Crippen LogP contribution in [-0.2, 0) is 4.79 Å². The van der Waals surface area contributed by atoms with Crippen molar-refractivity contribution >= 4 is 5.78 Å². The smallest absolute Gasteiger partial charge is 0.161 e. The Hall–Kier alpha value is -0.370. The van der Waals surface area contributed by atoms with Gasteiger partial charge in [0.2, 0.25) is 0 Å². The van der Waals surface area contributed by atoms with Crippen LogP contribution in [0.5, 0.6) is 0 Å². The topological polar surface area (TPSA) is 37.3 Å². The first-order chi connectivity index (χ1) is 9.94. The summed E-state index contributed by atoms with van der Waals surface area (Å²) in [5, 5.41) is 10.2. The summed E-state index contributed by atoms with van der Waals surface area (Å²) >= 11 is 0. The first-order valence-electron chi connectivity index (χ1n) is 9.15. The van der Waals surface area contributed by atoms with Crippen molar-refractivity contribution in [3.63, 3.8) is 0 Å². The second-order valence-corrected chi connectivity index (χ2v) is 9.13. The minimum Gasteiger partial charge on any atom is -0.385 e. The summed E-state index contributed by atoms with van der Waals surface area (Å²) in [5.41, 5.74) is 0.827. The van der Waals surface area contributed by atoms with Crippen molar-refractivity contribution in [2.75, 3.05) is 0 Å². The molecule has 0 saturated heterocycles. The van der Waals surface area contributed by atoms with Crippen molar-refractivity contribution in [3.8, 4) is 0 Å². The maximum absolute atomic E-state index is 11.9. The molecule has 118 valence electrons. The van der Waals surface area contributed by atoms with Gasteiger partial charge in [0.05, 0.1) is 0 Å². The van der Waals surface area contributed by atoms with E-state index in [-0.39, 0.29) is 11.2 Å². The fraction of sp³-hybridized carbons (Fsp3) is 0.947. The molecule has 2 nitrogen and oxygen atoms in total. The highest BCUT2D eigenvalue weighted by molar-refractivity contribution is 5.84. The molecule has 4 fully saturated rings. The Morgan fingerprint density at radius 2 is 1.86 bits per heavy atom. The van der Waals surface area contributed by atoms with Crippen LogP contribution in [0.2, 0.25) is 0 Å². The van der Waals surface area contributed by atoms with E-state index in [4.69, 9.17) is 0 Å². The van der Waals surface area contributed by atoms with Crippen molar-refractivity contribution in [1.29, 1.82) is 0 Å². The minimum atomic E-state index is -0.679. The van der Waals surface area contributed by atoms with Gasteiger partial charge in [-0.05, 0) is 79.4 Å². The number of aliphatic hydroxyl groups is 1. The fourth-order valence-electron chi connectivity index (χ4n) is 7.09. The lowest BCUT2D eigenvalue weighted by Crippen LogP contribution is -2.55. The molecular formula is C19H30O2. The van der Waals surface area contributed by atoms with Gasteiger partial charge in [-0.1, -0.05) is 20.3 Å². The van der Waals surface area contributed by atoms with Crippen molar-refractivity contribution in [1.82, 2.24) is 0 Å². The molecule has 7 atom stereocenters. The van der Waals surface area contributed by atoms with Gasteiger partial charge in [-0.25, -0.2) is 0 Å². The van der Waals surface area contributed by atoms with Crippen molar-refractivity contribution < 1.29 is 9.90 Å². The first-order valence-corrected chi connectivity index (χ1v) is 9.15. The molecule has 0 radical (unpaired) electrons. The summed E-state index contributed by atoms with van der Waals surface area (Å²) in [4.78, 5) is 11.9. The predicted octanol–water partition coefficient (Wildman–Crippen LogP) is 3.96. The molecule has 4 rings (SSSR count). The molecule has 0 heterocycles. The maximum atomic E-state index is 11.9. The molecule has 21 heavy (non-hydrogen) atoms. The van der Waals surface area contributed by atoms with Gasteiger partial charge in [-0.15, -0.1) is 0 Å². The lowest BCUT2D eigenvalue weighted by atomic mass is 9.45. The normalized spacial score (nSPS) is 56.5. The maximum Gasteiger partial charge on any atom is 0.161 e. The monoisotopic (exact) mass is 290 g/mol. The summed E-state index contributed by atoms with van der Waals surface area (Å²) < 4.78 is 0. The van der Waals surface area contributed by atoms with E-state index in [2.05, 4.69) is 13.8 Å². The Morgan fingerprint density at radius 1 is 1.05 bits per heavy atom. The van der Waals surface area contributed by atoms with E-state index in [1.807, 2.05) is 0 Å². The van der Waals surface area contributed by atoms with Gasteiger partial charge in [-0.2, -0.15) is 0 Å². The second-order valence-electron chi connectivity index (χ2n) is 9.13. The van der Waals surface area contributed by atoms with Crippen LogP contribution >= 0.6 is 0 Å². The lowest BCUT2D eigenvalue weighted by Gasteiger charge is -2.60. The predicted molar refractivity (Wildman–Crippen MR) is 82.7 cm³/mol. The number of carbonyl (C=O) groups excluding carboxylic acids is 1. The van der Waals surface area contributed by atoms with Gasteiger partial charge >= 0.3 is 0 Å². The van der Waals surface area contributed by atoms with Crippen molar-refractivity contribution in [2.45, 2.75) is 77.7 Å². The third-order valence-corrected chi connectivity index (χ3v) is 8.30. The first kappa shape index (κ1) is 14.2. The zero-order valence-corrected chi connectivity index (χ0v) is 13.6. The van der Waals surface area contributed by atoms with Crippen LogP contribution in [0.4, 0.5) is 0 Å². The van der Waals surface area contributed by atoms with Crippen molar-refractivity contribution in [3.05, 3.63) is 0 Å². The zero-order chi connectivity index (χ0) is 14.8.